The maximum absolute atomic E-state index is 14.2. The number of carbonyl (C=O) groups excluding carboxylic acids is 2. The average Bonchev–Trinajstić information content (AvgIpc) is 3.50. The summed E-state index contributed by atoms with van der Waals surface area (Å²) in [5.41, 5.74) is 2.65. The van der Waals surface area contributed by atoms with E-state index in [1.54, 1.807) is 17.0 Å². The zero-order valence-electron chi connectivity index (χ0n) is 24.6. The largest absolute Gasteiger partial charge is 0.480 e. The van der Waals surface area contributed by atoms with Gasteiger partial charge in [-0.15, -0.1) is 0 Å². The quantitative estimate of drug-likeness (QED) is 0.316. The minimum Gasteiger partial charge on any atom is -0.480 e. The fraction of sp³-hybridized carbons (Fsp3) is 0.424. The summed E-state index contributed by atoms with van der Waals surface area (Å²) < 4.78 is 13.9. The summed E-state index contributed by atoms with van der Waals surface area (Å²) in [5, 5.41) is 25.2. The lowest BCUT2D eigenvalue weighted by atomic mass is 9.84. The molecule has 1 unspecified atom stereocenters. The van der Waals surface area contributed by atoms with E-state index in [-0.39, 0.29) is 42.5 Å². The number of anilines is 1. The molecule has 232 valence electrons. The van der Waals surface area contributed by atoms with Crippen molar-refractivity contribution in [3.8, 4) is 0 Å². The van der Waals surface area contributed by atoms with Crippen molar-refractivity contribution in [2.75, 3.05) is 42.7 Å². The van der Waals surface area contributed by atoms with Gasteiger partial charge in [0.15, 0.2) is 0 Å². The summed E-state index contributed by atoms with van der Waals surface area (Å²) in [5.74, 6) is -1.67. The third-order valence-electron chi connectivity index (χ3n) is 9.22. The zero-order valence-corrected chi connectivity index (χ0v) is 25.4. The summed E-state index contributed by atoms with van der Waals surface area (Å²) in [7, 11) is 0. The second kappa shape index (κ2) is 12.4. The molecule has 6 rings (SSSR count). The predicted molar refractivity (Wildman–Crippen MR) is 168 cm³/mol. The molecule has 2 aliphatic heterocycles. The Morgan fingerprint density at radius 1 is 1.07 bits per heavy atom. The SMILES string of the molecule is CC(=O)N[C@@H](CSC[C@H](O)CN1CN(c2ccc(F)cc2)C2(CCN(C3Cc4cccc5cccc3c45)CC2)C1=O)C(=O)O. The first-order chi connectivity index (χ1) is 21.2. The van der Waals surface area contributed by atoms with Crippen molar-refractivity contribution in [2.24, 2.45) is 0 Å². The number of thioether (sulfide) groups is 1. The minimum atomic E-state index is -1.14. The number of aliphatic carboxylic acids is 1. The van der Waals surface area contributed by atoms with Crippen molar-refractivity contribution >= 4 is 46.0 Å². The molecule has 2 saturated heterocycles. The summed E-state index contributed by atoms with van der Waals surface area (Å²) >= 11 is 1.21. The van der Waals surface area contributed by atoms with Crippen LogP contribution in [-0.2, 0) is 20.8 Å². The number of halogens is 1. The molecule has 3 aromatic rings. The van der Waals surface area contributed by atoms with Gasteiger partial charge in [0.05, 0.1) is 12.8 Å². The normalized spacial score (nSPS) is 20.8. The van der Waals surface area contributed by atoms with Crippen molar-refractivity contribution in [3.05, 3.63) is 77.6 Å². The molecule has 0 saturated carbocycles. The highest BCUT2D eigenvalue weighted by Crippen LogP contribution is 2.45. The van der Waals surface area contributed by atoms with Crippen molar-refractivity contribution in [3.63, 3.8) is 0 Å². The van der Waals surface area contributed by atoms with Gasteiger partial charge in [-0.05, 0) is 65.4 Å². The number of benzene rings is 3. The van der Waals surface area contributed by atoms with Crippen LogP contribution in [0.3, 0.4) is 0 Å². The first-order valence-electron chi connectivity index (χ1n) is 15.0. The van der Waals surface area contributed by atoms with Crippen LogP contribution >= 0.6 is 11.8 Å². The van der Waals surface area contributed by atoms with Crippen LogP contribution in [0.25, 0.3) is 10.8 Å². The summed E-state index contributed by atoms with van der Waals surface area (Å²) in [6.07, 6.45) is 1.26. The number of carbonyl (C=O) groups is 3. The Balaban J connectivity index is 1.16. The van der Waals surface area contributed by atoms with Crippen LogP contribution in [0.5, 0.6) is 0 Å². The highest BCUT2D eigenvalue weighted by molar-refractivity contribution is 7.99. The van der Waals surface area contributed by atoms with Crippen molar-refractivity contribution < 1.29 is 29.0 Å². The lowest BCUT2D eigenvalue weighted by Crippen LogP contribution is -2.57. The van der Waals surface area contributed by atoms with Gasteiger partial charge in [0.1, 0.15) is 17.4 Å². The molecule has 2 heterocycles. The molecule has 1 aliphatic carbocycles. The van der Waals surface area contributed by atoms with E-state index in [9.17, 15) is 29.0 Å². The number of piperidine rings is 1. The molecule has 0 aromatic heterocycles. The van der Waals surface area contributed by atoms with Gasteiger partial charge in [-0.25, -0.2) is 9.18 Å². The number of nitrogens with one attached hydrogen (secondary N) is 1. The van der Waals surface area contributed by atoms with E-state index >= 15 is 0 Å². The van der Waals surface area contributed by atoms with Gasteiger partial charge in [0.25, 0.3) is 0 Å². The second-order valence-electron chi connectivity index (χ2n) is 12.0. The van der Waals surface area contributed by atoms with Crippen molar-refractivity contribution in [1.29, 1.82) is 0 Å². The van der Waals surface area contributed by atoms with Gasteiger partial charge in [0.2, 0.25) is 11.8 Å². The second-order valence-corrected chi connectivity index (χ2v) is 13.1. The molecule has 9 nitrogen and oxygen atoms in total. The number of carboxylic acid groups (broad SMARTS) is 1. The lowest BCUT2D eigenvalue weighted by Gasteiger charge is -2.45. The van der Waals surface area contributed by atoms with Crippen LogP contribution in [0.1, 0.15) is 36.9 Å². The highest BCUT2D eigenvalue weighted by atomic mass is 32.2. The lowest BCUT2D eigenvalue weighted by molar-refractivity contribution is -0.140. The van der Waals surface area contributed by atoms with Crippen LogP contribution in [-0.4, -0.2) is 93.3 Å². The fourth-order valence-corrected chi connectivity index (χ4v) is 8.13. The number of aliphatic hydroxyl groups is 1. The Labute approximate surface area is 260 Å². The first kappa shape index (κ1) is 30.4. The minimum absolute atomic E-state index is 0.0519. The number of hydrogen-bond donors (Lipinski definition) is 3. The fourth-order valence-electron chi connectivity index (χ4n) is 7.15. The number of likely N-dealkylation sites (tertiary alicyclic amines) is 1. The molecule has 3 aromatic carbocycles. The molecule has 11 heteroatoms. The van der Waals surface area contributed by atoms with Crippen molar-refractivity contribution in [1.82, 2.24) is 15.1 Å². The van der Waals surface area contributed by atoms with E-state index in [1.807, 2.05) is 0 Å². The summed E-state index contributed by atoms with van der Waals surface area (Å²) in [6.45, 7) is 3.07. The predicted octanol–water partition coefficient (Wildman–Crippen LogP) is 3.40. The number of β-amino-alcohol motifs (C(OH)–C–C–N with tert-alkyl or cyclic N) is 1. The van der Waals surface area contributed by atoms with E-state index in [1.165, 1.54) is 52.7 Å². The molecular formula is C33H37FN4O5S. The van der Waals surface area contributed by atoms with Gasteiger partial charge in [0, 0.05) is 49.8 Å². The Morgan fingerprint density at radius 3 is 2.45 bits per heavy atom. The van der Waals surface area contributed by atoms with E-state index in [4.69, 9.17) is 0 Å². The van der Waals surface area contributed by atoms with Gasteiger partial charge < -0.3 is 25.3 Å². The molecule has 3 aliphatic rings. The summed E-state index contributed by atoms with van der Waals surface area (Å²) in [6, 6.07) is 18.4. The molecule has 44 heavy (non-hydrogen) atoms. The van der Waals surface area contributed by atoms with Gasteiger partial charge in [-0.2, -0.15) is 11.8 Å². The molecule has 1 spiro atoms. The van der Waals surface area contributed by atoms with Crippen LogP contribution < -0.4 is 10.2 Å². The van der Waals surface area contributed by atoms with Crippen LogP contribution in [0.4, 0.5) is 10.1 Å². The maximum atomic E-state index is 14.2. The molecule has 0 bridgehead atoms. The van der Waals surface area contributed by atoms with E-state index in [2.05, 4.69) is 51.5 Å². The standard InChI is InChI=1S/C33H37FN4O5S/c1-21(39)35-28(31(41)42)19-44-18-26(40)17-37-20-38(25-10-8-24(34)9-11-25)33(32(37)43)12-14-36(15-13-33)29-16-23-6-2-4-22-5-3-7-27(29)30(22)23/h2-11,26,28-29,40H,12-20H2,1H3,(H,35,39)(H,41,42)/t26-,28+,29?/m1/s1. The zero-order chi connectivity index (χ0) is 31.0. The Hall–Kier alpha value is -3.67. The van der Waals surface area contributed by atoms with E-state index < -0.39 is 29.6 Å². The van der Waals surface area contributed by atoms with Gasteiger partial charge >= 0.3 is 5.97 Å². The third kappa shape index (κ3) is 5.76. The van der Waals surface area contributed by atoms with Crippen LogP contribution in [0.2, 0.25) is 0 Å². The van der Waals surface area contributed by atoms with Crippen LogP contribution in [0.15, 0.2) is 60.7 Å². The summed E-state index contributed by atoms with van der Waals surface area (Å²) in [4.78, 5) is 43.1. The van der Waals surface area contributed by atoms with E-state index in [0.717, 1.165) is 25.2 Å². The Bertz CT molecular complexity index is 1560. The smallest absolute Gasteiger partial charge is 0.327 e. The van der Waals surface area contributed by atoms with Crippen molar-refractivity contribution in [2.45, 2.75) is 49.9 Å². The Morgan fingerprint density at radius 2 is 1.77 bits per heavy atom. The molecule has 0 radical (unpaired) electrons. The highest BCUT2D eigenvalue weighted by Gasteiger charge is 2.54. The molecule has 2 fully saturated rings. The number of nitrogens with zero attached hydrogens (tertiary/aromatic N) is 3. The molecule has 2 amide bonds. The third-order valence-corrected chi connectivity index (χ3v) is 10.4. The number of hydrogen-bond acceptors (Lipinski definition) is 7. The molecular weight excluding hydrogens is 583 g/mol. The topological polar surface area (TPSA) is 113 Å². The molecule has 3 N–H and O–H groups in total. The van der Waals surface area contributed by atoms with Crippen LogP contribution in [0, 0.1) is 5.82 Å². The van der Waals surface area contributed by atoms with E-state index in [0.29, 0.717) is 12.8 Å². The van der Waals surface area contributed by atoms with Gasteiger partial charge in [-0.3, -0.25) is 14.5 Å². The maximum Gasteiger partial charge on any atom is 0.327 e. The monoisotopic (exact) mass is 620 g/mol. The van der Waals surface area contributed by atoms with Gasteiger partial charge in [-0.1, -0.05) is 36.4 Å². The Kier molecular flexibility index (Phi) is 8.54. The number of carboxylic acids is 1. The first-order valence-corrected chi connectivity index (χ1v) is 16.1. The molecule has 3 atom stereocenters. The number of aliphatic hydroxyl groups excluding tert-OH is 1. The number of amides is 2. The average molecular weight is 621 g/mol. The number of rotatable bonds is 10.